The van der Waals surface area contributed by atoms with E-state index in [-0.39, 0.29) is 21.3 Å². The van der Waals surface area contributed by atoms with Gasteiger partial charge < -0.3 is 8.85 Å². The third kappa shape index (κ3) is 5.64. The molecule has 0 amide bonds. The fourth-order valence-electron chi connectivity index (χ4n) is 4.44. The minimum atomic E-state index is -1.96. The molecule has 194 valence electrons. The molecule has 0 aliphatic heterocycles. The lowest BCUT2D eigenvalue weighted by atomic mass is 9.86. The standard InChI is InChI=1S/C29H45ClO3Si2/c1-20(31)26-22-13-12-14-25(30)23(22)15-21-16-29(17-24(21)26,18-32-34(8,9)27(2,3)4)19-33-35(10,11)28(5,6)7/h12-15H,16-19H2,1-11H3. The molecule has 1 aliphatic carbocycles. The predicted molar refractivity (Wildman–Crippen MR) is 155 cm³/mol. The number of ketones is 1. The Bertz CT molecular complexity index is 1090. The minimum Gasteiger partial charge on any atom is -0.416 e. The zero-order valence-electron chi connectivity index (χ0n) is 23.7. The van der Waals surface area contributed by atoms with Crippen LogP contribution in [-0.4, -0.2) is 35.6 Å². The Morgan fingerprint density at radius 1 is 0.914 bits per heavy atom. The van der Waals surface area contributed by atoms with Gasteiger partial charge >= 0.3 is 0 Å². The smallest absolute Gasteiger partial charge is 0.192 e. The zero-order valence-corrected chi connectivity index (χ0v) is 26.5. The second-order valence-corrected chi connectivity index (χ2v) is 23.8. The Hall–Kier alpha value is -0.986. The Morgan fingerprint density at radius 3 is 1.89 bits per heavy atom. The van der Waals surface area contributed by atoms with E-state index in [0.29, 0.717) is 18.2 Å². The molecule has 3 rings (SSSR count). The second-order valence-electron chi connectivity index (χ2n) is 13.7. The van der Waals surface area contributed by atoms with Crippen LogP contribution in [0.2, 0.25) is 41.3 Å². The average molecular weight is 533 g/mol. The van der Waals surface area contributed by atoms with Gasteiger partial charge in [-0.2, -0.15) is 0 Å². The fourth-order valence-corrected chi connectivity index (χ4v) is 6.86. The topological polar surface area (TPSA) is 35.5 Å². The van der Waals surface area contributed by atoms with Crippen LogP contribution in [0.15, 0.2) is 24.3 Å². The molecule has 0 fully saturated rings. The van der Waals surface area contributed by atoms with Crippen molar-refractivity contribution in [1.82, 2.24) is 0 Å². The summed E-state index contributed by atoms with van der Waals surface area (Å²) in [4.78, 5) is 12.9. The van der Waals surface area contributed by atoms with Crippen LogP contribution in [0.25, 0.3) is 10.8 Å². The van der Waals surface area contributed by atoms with Crippen LogP contribution in [0.3, 0.4) is 0 Å². The quantitative estimate of drug-likeness (QED) is 0.264. The maximum Gasteiger partial charge on any atom is 0.192 e. The molecule has 0 saturated carbocycles. The third-order valence-electron chi connectivity index (χ3n) is 8.89. The van der Waals surface area contributed by atoms with E-state index in [1.165, 1.54) is 5.56 Å². The molecular weight excluding hydrogens is 488 g/mol. The van der Waals surface area contributed by atoms with Gasteiger partial charge in [0.2, 0.25) is 0 Å². The van der Waals surface area contributed by atoms with Crippen molar-refractivity contribution in [3.63, 3.8) is 0 Å². The monoisotopic (exact) mass is 532 g/mol. The largest absolute Gasteiger partial charge is 0.416 e. The average Bonchev–Trinajstić information content (AvgIpc) is 3.06. The van der Waals surface area contributed by atoms with Gasteiger partial charge in [0.25, 0.3) is 0 Å². The number of halogens is 1. The summed E-state index contributed by atoms with van der Waals surface area (Å²) in [7, 11) is -3.92. The van der Waals surface area contributed by atoms with E-state index >= 15 is 0 Å². The molecule has 0 heterocycles. The number of fused-ring (bicyclic) bond motifs is 2. The minimum absolute atomic E-state index is 0.0977. The Balaban J connectivity index is 2.08. The van der Waals surface area contributed by atoms with Crippen molar-refractivity contribution in [3.8, 4) is 0 Å². The summed E-state index contributed by atoms with van der Waals surface area (Å²) in [5, 5.41) is 2.87. The lowest BCUT2D eigenvalue weighted by Crippen LogP contribution is -2.48. The molecule has 0 radical (unpaired) electrons. The highest BCUT2D eigenvalue weighted by atomic mass is 35.5. The van der Waals surface area contributed by atoms with Gasteiger partial charge in [-0.25, -0.2) is 0 Å². The van der Waals surface area contributed by atoms with Crippen LogP contribution in [0.1, 0.15) is 70.0 Å². The van der Waals surface area contributed by atoms with E-state index in [4.69, 9.17) is 20.5 Å². The number of Topliss-reactive ketones (excluding diaryl/α,β-unsaturated/α-hetero) is 1. The first-order valence-corrected chi connectivity index (χ1v) is 19.0. The second kappa shape index (κ2) is 9.39. The molecular formula is C29H45ClO3Si2. The Labute approximate surface area is 220 Å². The molecule has 35 heavy (non-hydrogen) atoms. The van der Waals surface area contributed by atoms with Gasteiger partial charge in [-0.3, -0.25) is 4.79 Å². The number of hydrogen-bond donors (Lipinski definition) is 0. The van der Waals surface area contributed by atoms with Crippen LogP contribution in [0.4, 0.5) is 0 Å². The lowest BCUT2D eigenvalue weighted by Gasteiger charge is -2.42. The summed E-state index contributed by atoms with van der Waals surface area (Å²) in [6, 6.07) is 8.08. The zero-order chi connectivity index (χ0) is 26.6. The van der Waals surface area contributed by atoms with Crippen molar-refractivity contribution in [2.45, 2.75) is 97.6 Å². The molecule has 2 aromatic rings. The Morgan fingerprint density at radius 2 is 1.43 bits per heavy atom. The highest BCUT2D eigenvalue weighted by Gasteiger charge is 2.46. The van der Waals surface area contributed by atoms with E-state index in [0.717, 1.165) is 34.7 Å². The molecule has 0 spiro atoms. The van der Waals surface area contributed by atoms with Gasteiger partial charge in [0.15, 0.2) is 22.4 Å². The van der Waals surface area contributed by atoms with Crippen LogP contribution in [-0.2, 0) is 21.7 Å². The lowest BCUT2D eigenvalue weighted by molar-refractivity contribution is 0.0729. The predicted octanol–water partition coefficient (Wildman–Crippen LogP) is 8.82. The first kappa shape index (κ1) is 28.6. The maximum atomic E-state index is 12.9. The Kier molecular flexibility index (Phi) is 7.67. The van der Waals surface area contributed by atoms with E-state index in [1.54, 1.807) is 6.92 Å². The van der Waals surface area contributed by atoms with Gasteiger partial charge in [-0.05, 0) is 84.7 Å². The van der Waals surface area contributed by atoms with Gasteiger partial charge in [-0.1, -0.05) is 65.3 Å². The van der Waals surface area contributed by atoms with Gasteiger partial charge in [-0.15, -0.1) is 0 Å². The number of hydrogen-bond acceptors (Lipinski definition) is 3. The number of rotatable bonds is 7. The van der Waals surface area contributed by atoms with Crippen molar-refractivity contribution in [3.05, 3.63) is 46.0 Å². The summed E-state index contributed by atoms with van der Waals surface area (Å²) in [5.41, 5.74) is 3.00. The first-order valence-electron chi connectivity index (χ1n) is 12.8. The van der Waals surface area contributed by atoms with Gasteiger partial charge in [0.1, 0.15) is 0 Å². The van der Waals surface area contributed by atoms with E-state index in [9.17, 15) is 4.79 Å². The van der Waals surface area contributed by atoms with Gasteiger partial charge in [0, 0.05) is 34.6 Å². The summed E-state index contributed by atoms with van der Waals surface area (Å²) in [6.07, 6.45) is 1.63. The van der Waals surface area contributed by atoms with Crippen molar-refractivity contribution in [2.75, 3.05) is 13.2 Å². The molecule has 1 aliphatic rings. The number of benzene rings is 2. The van der Waals surface area contributed by atoms with E-state index in [2.05, 4.69) is 73.8 Å². The van der Waals surface area contributed by atoms with E-state index in [1.807, 2.05) is 18.2 Å². The van der Waals surface area contributed by atoms with E-state index < -0.39 is 16.6 Å². The maximum absolute atomic E-state index is 12.9. The van der Waals surface area contributed by atoms with Crippen LogP contribution >= 0.6 is 11.6 Å². The first-order chi connectivity index (χ1) is 15.8. The van der Waals surface area contributed by atoms with Crippen LogP contribution in [0, 0.1) is 5.41 Å². The van der Waals surface area contributed by atoms with Crippen molar-refractivity contribution >= 4 is 44.8 Å². The number of carbonyl (C=O) groups excluding carboxylic acids is 1. The van der Waals surface area contributed by atoms with Crippen molar-refractivity contribution in [1.29, 1.82) is 0 Å². The SMILES string of the molecule is CC(=O)c1c2c(cc3c(Cl)cccc13)CC(CO[Si](C)(C)C(C)(C)C)(CO[Si](C)(C)C(C)(C)C)C2. The third-order valence-corrected chi connectivity index (χ3v) is 18.2. The number of carbonyl (C=O) groups is 1. The summed E-state index contributed by atoms with van der Waals surface area (Å²) >= 11 is 6.60. The highest BCUT2D eigenvalue weighted by molar-refractivity contribution is 6.74. The van der Waals surface area contributed by atoms with Crippen LogP contribution in [0.5, 0.6) is 0 Å². The molecule has 0 saturated heterocycles. The highest BCUT2D eigenvalue weighted by Crippen LogP contribution is 2.46. The van der Waals surface area contributed by atoms with Crippen molar-refractivity contribution < 1.29 is 13.6 Å². The summed E-state index contributed by atoms with van der Waals surface area (Å²) < 4.78 is 13.7. The molecule has 2 aromatic carbocycles. The summed E-state index contributed by atoms with van der Waals surface area (Å²) in [5.74, 6) is 0.0977. The molecule has 3 nitrogen and oxygen atoms in total. The van der Waals surface area contributed by atoms with Gasteiger partial charge in [0.05, 0.1) is 0 Å². The molecule has 6 heteroatoms. The molecule has 0 bridgehead atoms. The van der Waals surface area contributed by atoms with Crippen molar-refractivity contribution in [2.24, 2.45) is 5.41 Å². The fraction of sp³-hybridized carbons (Fsp3) is 0.621. The summed E-state index contributed by atoms with van der Waals surface area (Å²) in [6.45, 7) is 25.9. The molecule has 0 N–H and O–H groups in total. The molecule has 0 atom stereocenters. The normalized spacial score (nSPS) is 16.6. The molecule has 0 unspecified atom stereocenters. The van der Waals surface area contributed by atoms with Crippen LogP contribution < -0.4 is 0 Å². The molecule has 0 aromatic heterocycles.